The highest BCUT2D eigenvalue weighted by Gasteiger charge is 2.09. The largest absolute Gasteiger partial charge is 0.362 e. The Morgan fingerprint density at radius 3 is 2.96 bits per heavy atom. The second-order valence-electron chi connectivity index (χ2n) is 4.88. The van der Waals surface area contributed by atoms with Gasteiger partial charge in [0.15, 0.2) is 0 Å². The molecule has 4 aromatic rings. The van der Waals surface area contributed by atoms with Gasteiger partial charge in [0.05, 0.1) is 17.2 Å². The number of benzene rings is 1. The number of fused-ring (bicyclic) bond motifs is 1. The first kappa shape index (κ1) is 13.2. The van der Waals surface area contributed by atoms with Crippen LogP contribution in [0.4, 0.5) is 0 Å². The summed E-state index contributed by atoms with van der Waals surface area (Å²) in [5.41, 5.74) is 2.08. The van der Waals surface area contributed by atoms with E-state index >= 15 is 0 Å². The van der Waals surface area contributed by atoms with Crippen LogP contribution in [0, 0.1) is 0 Å². The highest BCUT2D eigenvalue weighted by Crippen LogP contribution is 2.19. The summed E-state index contributed by atoms with van der Waals surface area (Å²) >= 11 is 0. The van der Waals surface area contributed by atoms with Gasteiger partial charge >= 0.3 is 0 Å². The minimum Gasteiger partial charge on any atom is -0.362 e. The predicted octanol–water partition coefficient (Wildman–Crippen LogP) is 2.47. The van der Waals surface area contributed by atoms with Gasteiger partial charge in [-0.1, -0.05) is 11.2 Å². The van der Waals surface area contributed by atoms with Crippen LogP contribution in [0.25, 0.3) is 34.4 Å². The summed E-state index contributed by atoms with van der Waals surface area (Å²) in [6, 6.07) is 9.06. The van der Waals surface area contributed by atoms with Crippen molar-refractivity contribution in [3.8, 4) is 11.4 Å². The number of rotatable bonds is 3. The molecule has 0 aliphatic carbocycles. The summed E-state index contributed by atoms with van der Waals surface area (Å²) in [4.78, 5) is 25.7. The summed E-state index contributed by atoms with van der Waals surface area (Å²) in [6.07, 6.45) is 6.78. The molecule has 1 aromatic carbocycles. The third kappa shape index (κ3) is 2.55. The number of H-pyrrole nitrogens is 2. The van der Waals surface area contributed by atoms with Gasteiger partial charge in [-0.15, -0.1) is 0 Å². The van der Waals surface area contributed by atoms with Crippen molar-refractivity contribution >= 4 is 23.1 Å². The Balaban J connectivity index is 1.67. The molecule has 3 heterocycles. The van der Waals surface area contributed by atoms with E-state index in [1.807, 2.05) is 24.4 Å². The van der Waals surface area contributed by atoms with Crippen molar-refractivity contribution in [2.45, 2.75) is 0 Å². The average Bonchev–Trinajstić information content (AvgIpc) is 3.24. The zero-order chi connectivity index (χ0) is 15.6. The second kappa shape index (κ2) is 5.38. The van der Waals surface area contributed by atoms with E-state index in [0.717, 1.165) is 11.3 Å². The van der Waals surface area contributed by atoms with E-state index < -0.39 is 0 Å². The van der Waals surface area contributed by atoms with Gasteiger partial charge in [0.1, 0.15) is 0 Å². The topological polar surface area (TPSA) is 100 Å². The Morgan fingerprint density at radius 2 is 2.09 bits per heavy atom. The van der Waals surface area contributed by atoms with E-state index in [4.69, 9.17) is 4.52 Å². The Kier molecular flexibility index (Phi) is 3.09. The molecule has 2 N–H and O–H groups in total. The average molecular weight is 305 g/mol. The van der Waals surface area contributed by atoms with Gasteiger partial charge in [-0.05, 0) is 30.3 Å². The summed E-state index contributed by atoms with van der Waals surface area (Å²) in [6.45, 7) is 0. The van der Waals surface area contributed by atoms with Crippen LogP contribution in [0.15, 0.2) is 52.2 Å². The normalized spacial score (nSPS) is 11.5. The quantitative estimate of drug-likeness (QED) is 0.605. The molecular formula is C16H11N5O2. The molecule has 0 bridgehead atoms. The molecule has 0 saturated carbocycles. The van der Waals surface area contributed by atoms with Crippen molar-refractivity contribution in [3.05, 3.63) is 64.8 Å². The number of aromatic amines is 2. The molecule has 112 valence electrons. The monoisotopic (exact) mass is 305 g/mol. The molecule has 0 aliphatic heterocycles. The molecule has 7 nitrogen and oxygen atoms in total. The van der Waals surface area contributed by atoms with Gasteiger partial charge in [0.2, 0.25) is 5.82 Å². The van der Waals surface area contributed by atoms with Gasteiger partial charge in [-0.2, -0.15) is 4.98 Å². The van der Waals surface area contributed by atoms with Crippen LogP contribution in [0.1, 0.15) is 11.6 Å². The fraction of sp³-hybridized carbons (Fsp3) is 0. The van der Waals surface area contributed by atoms with Crippen molar-refractivity contribution in [1.29, 1.82) is 0 Å². The van der Waals surface area contributed by atoms with Crippen LogP contribution >= 0.6 is 0 Å². The molecule has 0 radical (unpaired) electrons. The lowest BCUT2D eigenvalue weighted by Crippen LogP contribution is -2.05. The third-order valence-electron chi connectivity index (χ3n) is 3.37. The highest BCUT2D eigenvalue weighted by atomic mass is 16.5. The van der Waals surface area contributed by atoms with E-state index in [9.17, 15) is 4.79 Å². The molecule has 4 rings (SSSR count). The summed E-state index contributed by atoms with van der Waals surface area (Å²) in [5.74, 6) is 0.841. The van der Waals surface area contributed by atoms with Crippen LogP contribution in [0.2, 0.25) is 0 Å². The van der Waals surface area contributed by atoms with E-state index in [1.165, 1.54) is 6.33 Å². The Labute approximate surface area is 129 Å². The first-order valence-electron chi connectivity index (χ1n) is 6.92. The van der Waals surface area contributed by atoms with Crippen LogP contribution in [-0.4, -0.2) is 25.1 Å². The van der Waals surface area contributed by atoms with Crippen molar-refractivity contribution in [2.24, 2.45) is 0 Å². The molecular weight excluding hydrogens is 294 g/mol. The second-order valence-corrected chi connectivity index (χ2v) is 4.88. The predicted molar refractivity (Wildman–Crippen MR) is 85.4 cm³/mol. The number of nitrogens with one attached hydrogen (secondary N) is 2. The number of nitrogens with zero attached hydrogens (tertiary/aromatic N) is 3. The lowest BCUT2D eigenvalue weighted by atomic mass is 10.1. The van der Waals surface area contributed by atoms with Crippen molar-refractivity contribution in [3.63, 3.8) is 0 Å². The highest BCUT2D eigenvalue weighted by molar-refractivity contribution is 5.82. The maximum absolute atomic E-state index is 11.7. The molecule has 3 aromatic heterocycles. The van der Waals surface area contributed by atoms with E-state index in [2.05, 4.69) is 25.1 Å². The molecule has 0 atom stereocenters. The Morgan fingerprint density at radius 1 is 1.13 bits per heavy atom. The zero-order valence-corrected chi connectivity index (χ0v) is 11.9. The number of hydrogen-bond acceptors (Lipinski definition) is 5. The van der Waals surface area contributed by atoms with Gasteiger partial charge < -0.3 is 14.5 Å². The summed E-state index contributed by atoms with van der Waals surface area (Å²) in [7, 11) is 0. The minimum absolute atomic E-state index is 0.177. The lowest BCUT2D eigenvalue weighted by molar-refractivity contribution is 0.411. The molecule has 0 saturated heterocycles. The fourth-order valence-corrected chi connectivity index (χ4v) is 2.24. The first-order valence-corrected chi connectivity index (χ1v) is 6.92. The van der Waals surface area contributed by atoms with Crippen LogP contribution in [-0.2, 0) is 0 Å². The standard InChI is InChI=1S/C16H11N5O2/c22-16-12-5-3-10(8-13(12)18-9-19-16)15-20-14(23-21-15)6-4-11-2-1-7-17-11/h1-9,17H,(H,18,19,22)/b6-4+. The maximum Gasteiger partial charge on any atom is 0.258 e. The molecule has 0 fully saturated rings. The first-order chi connectivity index (χ1) is 11.3. The minimum atomic E-state index is -0.177. The molecule has 0 unspecified atom stereocenters. The Bertz CT molecular complexity index is 1040. The molecule has 23 heavy (non-hydrogen) atoms. The maximum atomic E-state index is 11.7. The van der Waals surface area contributed by atoms with Crippen LogP contribution in [0.5, 0.6) is 0 Å². The van der Waals surface area contributed by atoms with Gasteiger partial charge in [0.25, 0.3) is 11.4 Å². The third-order valence-corrected chi connectivity index (χ3v) is 3.37. The van der Waals surface area contributed by atoms with E-state index in [0.29, 0.717) is 22.6 Å². The van der Waals surface area contributed by atoms with Crippen LogP contribution < -0.4 is 5.56 Å². The number of aromatic nitrogens is 5. The van der Waals surface area contributed by atoms with Gasteiger partial charge in [-0.25, -0.2) is 4.98 Å². The zero-order valence-electron chi connectivity index (χ0n) is 11.9. The molecule has 0 amide bonds. The molecule has 7 heteroatoms. The number of hydrogen-bond donors (Lipinski definition) is 2. The molecule has 0 spiro atoms. The van der Waals surface area contributed by atoms with Crippen molar-refractivity contribution < 1.29 is 4.52 Å². The van der Waals surface area contributed by atoms with Crippen molar-refractivity contribution in [1.82, 2.24) is 25.1 Å². The van der Waals surface area contributed by atoms with Crippen LogP contribution in [0.3, 0.4) is 0 Å². The smallest absolute Gasteiger partial charge is 0.258 e. The summed E-state index contributed by atoms with van der Waals surface area (Å²) < 4.78 is 5.20. The lowest BCUT2D eigenvalue weighted by Gasteiger charge is -1.97. The molecule has 0 aliphatic rings. The fourth-order valence-electron chi connectivity index (χ4n) is 2.24. The van der Waals surface area contributed by atoms with Gasteiger partial charge in [0, 0.05) is 23.5 Å². The summed E-state index contributed by atoms with van der Waals surface area (Å²) in [5, 5.41) is 4.47. The van der Waals surface area contributed by atoms with Gasteiger partial charge in [-0.3, -0.25) is 4.79 Å². The van der Waals surface area contributed by atoms with Crippen molar-refractivity contribution in [2.75, 3.05) is 0 Å². The SMILES string of the molecule is O=c1[nH]cnc2cc(-c3noc(/C=C/c4ccc[nH]4)n3)ccc12. The van der Waals surface area contributed by atoms with E-state index in [-0.39, 0.29) is 5.56 Å². The Hall–Kier alpha value is -3.48. The van der Waals surface area contributed by atoms with E-state index in [1.54, 1.807) is 24.3 Å².